The van der Waals surface area contributed by atoms with Crippen LogP contribution in [0, 0.1) is 5.82 Å². The van der Waals surface area contributed by atoms with E-state index in [1.165, 1.54) is 25.4 Å². The molecule has 4 nitrogen and oxygen atoms in total. The molecule has 0 saturated carbocycles. The number of benzene rings is 1. The molecular formula is C11H8FNO3. The van der Waals surface area contributed by atoms with Gasteiger partial charge in [-0.15, -0.1) is 0 Å². The smallest absolute Gasteiger partial charge is 0.355 e. The fourth-order valence-corrected chi connectivity index (χ4v) is 1.57. The van der Waals surface area contributed by atoms with Crippen molar-refractivity contribution in [2.75, 3.05) is 7.11 Å². The van der Waals surface area contributed by atoms with E-state index in [0.717, 1.165) is 6.07 Å². The predicted molar refractivity (Wildman–Crippen MR) is 55.2 cm³/mol. The van der Waals surface area contributed by atoms with Gasteiger partial charge in [-0.05, 0) is 18.2 Å². The second kappa shape index (κ2) is 3.77. The largest absolute Gasteiger partial charge is 0.496 e. The van der Waals surface area contributed by atoms with Crippen molar-refractivity contribution in [1.82, 2.24) is 4.98 Å². The summed E-state index contributed by atoms with van der Waals surface area (Å²) in [6, 6.07) is 4.13. The number of carboxylic acids is 1. The summed E-state index contributed by atoms with van der Waals surface area (Å²) in [6.45, 7) is 0. The van der Waals surface area contributed by atoms with Gasteiger partial charge in [-0.3, -0.25) is 0 Å². The third kappa shape index (κ3) is 1.46. The van der Waals surface area contributed by atoms with Crippen LogP contribution in [-0.4, -0.2) is 23.2 Å². The molecule has 82 valence electrons. The van der Waals surface area contributed by atoms with Crippen molar-refractivity contribution in [3.8, 4) is 5.75 Å². The standard InChI is InChI=1S/C11H8FNO3/c1-16-8-3-2-7(12)9-6(8)4-5-13-10(9)11(14)15/h2-5H,1H3,(H,14,15). The van der Waals surface area contributed by atoms with E-state index >= 15 is 0 Å². The summed E-state index contributed by atoms with van der Waals surface area (Å²) in [7, 11) is 1.44. The van der Waals surface area contributed by atoms with Crippen molar-refractivity contribution in [2.24, 2.45) is 0 Å². The topological polar surface area (TPSA) is 59.4 Å². The van der Waals surface area contributed by atoms with Gasteiger partial charge in [0.2, 0.25) is 0 Å². The van der Waals surface area contributed by atoms with Gasteiger partial charge in [-0.25, -0.2) is 14.2 Å². The number of aromatic nitrogens is 1. The molecule has 0 amide bonds. The molecule has 0 aliphatic carbocycles. The third-order valence-corrected chi connectivity index (χ3v) is 2.26. The molecular weight excluding hydrogens is 213 g/mol. The Bertz CT molecular complexity index is 568. The molecule has 0 radical (unpaired) electrons. The molecule has 0 atom stereocenters. The number of rotatable bonds is 2. The highest BCUT2D eigenvalue weighted by atomic mass is 19.1. The molecule has 0 bridgehead atoms. The molecule has 0 saturated heterocycles. The minimum atomic E-state index is -1.27. The van der Waals surface area contributed by atoms with E-state index in [4.69, 9.17) is 9.84 Å². The van der Waals surface area contributed by atoms with E-state index < -0.39 is 11.8 Å². The van der Waals surface area contributed by atoms with E-state index in [1.54, 1.807) is 0 Å². The van der Waals surface area contributed by atoms with Crippen molar-refractivity contribution in [3.05, 3.63) is 35.9 Å². The van der Waals surface area contributed by atoms with Crippen molar-refractivity contribution in [2.45, 2.75) is 0 Å². The number of aromatic carboxylic acids is 1. The minimum Gasteiger partial charge on any atom is -0.496 e. The molecule has 2 rings (SSSR count). The maximum Gasteiger partial charge on any atom is 0.355 e. The number of halogens is 1. The van der Waals surface area contributed by atoms with E-state index in [2.05, 4.69) is 4.98 Å². The first-order chi connectivity index (χ1) is 7.65. The molecule has 0 spiro atoms. The van der Waals surface area contributed by atoms with E-state index in [0.29, 0.717) is 11.1 Å². The number of hydrogen-bond donors (Lipinski definition) is 1. The first kappa shape index (κ1) is 10.4. The van der Waals surface area contributed by atoms with E-state index in [9.17, 15) is 9.18 Å². The van der Waals surface area contributed by atoms with Gasteiger partial charge in [-0.1, -0.05) is 0 Å². The van der Waals surface area contributed by atoms with Crippen LogP contribution >= 0.6 is 0 Å². The number of methoxy groups -OCH3 is 1. The Morgan fingerprint density at radius 2 is 2.19 bits per heavy atom. The summed E-state index contributed by atoms with van der Waals surface area (Å²) in [5.74, 6) is -1.47. The van der Waals surface area contributed by atoms with Crippen molar-refractivity contribution in [1.29, 1.82) is 0 Å². The normalized spacial score (nSPS) is 10.4. The third-order valence-electron chi connectivity index (χ3n) is 2.26. The number of nitrogens with zero attached hydrogens (tertiary/aromatic N) is 1. The van der Waals surface area contributed by atoms with Crippen LogP contribution in [0.25, 0.3) is 10.8 Å². The summed E-state index contributed by atoms with van der Waals surface area (Å²) < 4.78 is 18.6. The molecule has 5 heteroatoms. The second-order valence-corrected chi connectivity index (χ2v) is 3.14. The lowest BCUT2D eigenvalue weighted by molar-refractivity contribution is 0.0692. The van der Waals surface area contributed by atoms with E-state index in [1.807, 2.05) is 0 Å². The zero-order valence-electron chi connectivity index (χ0n) is 8.40. The van der Waals surface area contributed by atoms with Gasteiger partial charge in [0.1, 0.15) is 11.6 Å². The Hall–Kier alpha value is -2.17. The molecule has 0 aliphatic rings. The Kier molecular flexibility index (Phi) is 2.44. The van der Waals surface area contributed by atoms with Crippen LogP contribution in [0.2, 0.25) is 0 Å². The molecule has 2 aromatic rings. The Labute approximate surface area is 90.3 Å². The summed E-state index contributed by atoms with van der Waals surface area (Å²) in [5.41, 5.74) is -0.311. The average molecular weight is 221 g/mol. The number of ether oxygens (including phenoxy) is 1. The Balaban J connectivity index is 2.91. The van der Waals surface area contributed by atoms with Crippen LogP contribution in [0.5, 0.6) is 5.75 Å². The highest BCUT2D eigenvalue weighted by Gasteiger charge is 2.16. The maximum absolute atomic E-state index is 13.6. The number of carboxylic acid groups (broad SMARTS) is 1. The van der Waals surface area contributed by atoms with Gasteiger partial charge < -0.3 is 9.84 Å². The van der Waals surface area contributed by atoms with Gasteiger partial charge >= 0.3 is 5.97 Å². The second-order valence-electron chi connectivity index (χ2n) is 3.14. The summed E-state index contributed by atoms with van der Waals surface area (Å²) >= 11 is 0. The molecule has 1 N–H and O–H groups in total. The maximum atomic E-state index is 13.6. The lowest BCUT2D eigenvalue weighted by Gasteiger charge is -2.07. The van der Waals surface area contributed by atoms with Gasteiger partial charge in [0.05, 0.1) is 12.5 Å². The highest BCUT2D eigenvalue weighted by molar-refractivity contribution is 6.03. The van der Waals surface area contributed by atoms with E-state index in [-0.39, 0.29) is 11.1 Å². The zero-order chi connectivity index (χ0) is 11.7. The van der Waals surface area contributed by atoms with Crippen LogP contribution in [0.15, 0.2) is 24.4 Å². The fourth-order valence-electron chi connectivity index (χ4n) is 1.57. The number of pyridine rings is 1. The Morgan fingerprint density at radius 3 is 2.81 bits per heavy atom. The number of carbonyl (C=O) groups is 1. The summed E-state index contributed by atoms with van der Waals surface area (Å²) in [6.07, 6.45) is 1.31. The molecule has 1 aromatic heterocycles. The van der Waals surface area contributed by atoms with Gasteiger partial charge in [0.15, 0.2) is 5.69 Å². The molecule has 0 aliphatic heterocycles. The van der Waals surface area contributed by atoms with Crippen molar-refractivity contribution in [3.63, 3.8) is 0 Å². The van der Waals surface area contributed by atoms with Crippen molar-refractivity contribution >= 4 is 16.7 Å². The monoisotopic (exact) mass is 221 g/mol. The lowest BCUT2D eigenvalue weighted by atomic mass is 10.1. The molecule has 16 heavy (non-hydrogen) atoms. The Morgan fingerprint density at radius 1 is 1.44 bits per heavy atom. The van der Waals surface area contributed by atoms with Crippen LogP contribution in [0.4, 0.5) is 4.39 Å². The predicted octanol–water partition coefficient (Wildman–Crippen LogP) is 2.08. The molecule has 0 fully saturated rings. The van der Waals surface area contributed by atoms with Gasteiger partial charge in [-0.2, -0.15) is 0 Å². The fraction of sp³-hybridized carbons (Fsp3) is 0.0909. The molecule has 0 unspecified atom stereocenters. The minimum absolute atomic E-state index is 0.0330. The first-order valence-corrected chi connectivity index (χ1v) is 4.49. The number of hydrogen-bond acceptors (Lipinski definition) is 3. The average Bonchev–Trinajstić information content (AvgIpc) is 2.29. The van der Waals surface area contributed by atoms with Crippen molar-refractivity contribution < 1.29 is 19.0 Å². The highest BCUT2D eigenvalue weighted by Crippen LogP contribution is 2.29. The number of fused-ring (bicyclic) bond motifs is 1. The van der Waals surface area contributed by atoms with Gasteiger partial charge in [0.25, 0.3) is 0 Å². The molecule has 1 aromatic carbocycles. The summed E-state index contributed by atoms with van der Waals surface area (Å²) in [5, 5.41) is 9.27. The first-order valence-electron chi connectivity index (χ1n) is 4.49. The SMILES string of the molecule is COc1ccc(F)c2c(C(=O)O)nccc12. The summed E-state index contributed by atoms with van der Waals surface area (Å²) in [4.78, 5) is 14.5. The van der Waals surface area contributed by atoms with Crippen LogP contribution in [0.3, 0.4) is 0 Å². The lowest BCUT2D eigenvalue weighted by Crippen LogP contribution is -2.03. The molecule has 1 heterocycles. The zero-order valence-corrected chi connectivity index (χ0v) is 8.40. The van der Waals surface area contributed by atoms with Crippen LogP contribution < -0.4 is 4.74 Å². The van der Waals surface area contributed by atoms with Crippen LogP contribution in [-0.2, 0) is 0 Å². The quantitative estimate of drug-likeness (QED) is 0.843. The van der Waals surface area contributed by atoms with Gasteiger partial charge in [0, 0.05) is 11.6 Å². The van der Waals surface area contributed by atoms with Crippen LogP contribution in [0.1, 0.15) is 10.5 Å².